The second-order valence-corrected chi connectivity index (χ2v) is 6.43. The van der Waals surface area contributed by atoms with Gasteiger partial charge in [-0.2, -0.15) is 9.35 Å². The Morgan fingerprint density at radius 1 is 1.78 bits per heavy atom. The van der Waals surface area contributed by atoms with Crippen molar-refractivity contribution in [2.24, 2.45) is 0 Å². The molecule has 0 fully saturated rings. The van der Waals surface area contributed by atoms with Gasteiger partial charge in [-0.3, -0.25) is 4.18 Å². The topological polar surface area (TPSA) is 26.3 Å². The molecule has 0 saturated carbocycles. The Morgan fingerprint density at radius 2 is 2.22 bits per heavy atom. The van der Waals surface area contributed by atoms with Crippen LogP contribution in [0.3, 0.4) is 0 Å². The molecule has 0 atom stereocenters. The van der Waals surface area contributed by atoms with Crippen LogP contribution in [-0.2, 0) is 13.5 Å². The van der Waals surface area contributed by atoms with E-state index in [1.54, 1.807) is 6.26 Å². The molecule has 0 aromatic heterocycles. The molecule has 56 valence electrons. The Kier molecular flexibility index (Phi) is 2.19. The van der Waals surface area contributed by atoms with Gasteiger partial charge in [0.05, 0.1) is 7.11 Å². The fraction of sp³-hybridized carbons (Fsp3) is 0.667. The summed E-state index contributed by atoms with van der Waals surface area (Å²) >= 11 is 0. The zero-order valence-corrected chi connectivity index (χ0v) is 7.03. The summed E-state index contributed by atoms with van der Waals surface area (Å²) in [4.78, 5) is 0. The van der Waals surface area contributed by atoms with Crippen molar-refractivity contribution in [2.75, 3.05) is 19.1 Å². The van der Waals surface area contributed by atoms with Crippen LogP contribution in [0.25, 0.3) is 0 Å². The molecule has 0 amide bonds. The van der Waals surface area contributed by atoms with E-state index in [0.29, 0.717) is 5.75 Å². The maximum absolute atomic E-state index is 11.6. The summed E-state index contributed by atoms with van der Waals surface area (Å²) in [6.07, 6.45) is 1.59. The van der Waals surface area contributed by atoms with Crippen molar-refractivity contribution in [2.45, 2.75) is 6.92 Å². The molecule has 0 aromatic rings. The van der Waals surface area contributed by atoms with Gasteiger partial charge in [-0.05, 0) is 6.92 Å². The molecule has 0 saturated heterocycles. The highest BCUT2D eigenvalue weighted by Crippen LogP contribution is 2.22. The first-order valence-corrected chi connectivity index (χ1v) is 5.32. The molecule has 0 rings (SSSR count). The number of hydrogen-bond donors (Lipinski definition) is 0. The molecule has 0 aliphatic rings. The third kappa shape index (κ3) is 1.91. The second-order valence-electron chi connectivity index (χ2n) is 2.14. The van der Waals surface area contributed by atoms with Crippen LogP contribution in [0.2, 0.25) is 0 Å². The normalized spacial score (nSPS) is 16.1. The minimum Gasteiger partial charge on any atom is -0.288 e. The van der Waals surface area contributed by atoms with Crippen molar-refractivity contribution in [3.05, 3.63) is 12.0 Å². The van der Waals surface area contributed by atoms with Crippen LogP contribution in [-0.4, -0.2) is 23.3 Å². The van der Waals surface area contributed by atoms with E-state index >= 15 is 0 Å². The van der Waals surface area contributed by atoms with E-state index in [2.05, 4.69) is 6.58 Å². The Bertz CT molecular complexity index is 164. The van der Waals surface area contributed by atoms with E-state index in [1.807, 2.05) is 6.92 Å². The molecule has 3 heteroatoms. The zero-order chi connectivity index (χ0) is 7.57. The molecule has 2 nitrogen and oxygen atoms in total. The van der Waals surface area contributed by atoms with E-state index in [9.17, 15) is 4.21 Å². The maximum atomic E-state index is 11.6. The molecule has 9 heavy (non-hydrogen) atoms. The van der Waals surface area contributed by atoms with Gasteiger partial charge in [0.25, 0.3) is 0 Å². The van der Waals surface area contributed by atoms with Crippen LogP contribution < -0.4 is 0 Å². The van der Waals surface area contributed by atoms with Crippen LogP contribution in [0.1, 0.15) is 6.92 Å². The number of hydrogen-bond acceptors (Lipinski definition) is 2. The molecule has 0 unspecified atom stereocenters. The molecule has 0 bridgehead atoms. The monoisotopic (exact) mass is 150 g/mol. The molecular formula is C6H14O2S. The summed E-state index contributed by atoms with van der Waals surface area (Å²) in [5.74, 6) is 0.497. The first-order chi connectivity index (χ1) is 3.96. The Labute approximate surface area is 56.5 Å². The van der Waals surface area contributed by atoms with Crippen LogP contribution in [0.15, 0.2) is 12.0 Å². The molecule has 0 aliphatic heterocycles. The summed E-state index contributed by atoms with van der Waals surface area (Å²) < 4.78 is 16.4. The molecule has 0 aliphatic carbocycles. The second kappa shape index (κ2) is 2.23. The lowest BCUT2D eigenvalue weighted by molar-refractivity contribution is 0.421. The Morgan fingerprint density at radius 3 is 2.22 bits per heavy atom. The Balaban J connectivity index is 4.62. The fourth-order valence-corrected chi connectivity index (χ4v) is 0.911. The van der Waals surface area contributed by atoms with E-state index in [1.165, 1.54) is 12.5 Å². The quantitative estimate of drug-likeness (QED) is 0.603. The zero-order valence-electron chi connectivity index (χ0n) is 6.22. The van der Waals surface area contributed by atoms with Crippen LogP contribution in [0.4, 0.5) is 0 Å². The third-order valence-electron chi connectivity index (χ3n) is 1.56. The molecule has 0 spiro atoms. The van der Waals surface area contributed by atoms with Gasteiger partial charge < -0.3 is 0 Å². The van der Waals surface area contributed by atoms with Gasteiger partial charge in [0.2, 0.25) is 0 Å². The molecule has 0 heterocycles. The molecule has 0 aromatic carbocycles. The van der Waals surface area contributed by atoms with Crippen molar-refractivity contribution >= 4 is 9.35 Å². The van der Waals surface area contributed by atoms with Gasteiger partial charge in [0.1, 0.15) is 0 Å². The lowest BCUT2D eigenvalue weighted by atomic mass is 11.0. The summed E-state index contributed by atoms with van der Waals surface area (Å²) in [6.45, 7) is 5.28. The summed E-state index contributed by atoms with van der Waals surface area (Å²) in [7, 11) is -1.44. The van der Waals surface area contributed by atoms with Gasteiger partial charge >= 0.3 is 0 Å². The average Bonchev–Trinajstić information content (AvgIpc) is 1.90. The van der Waals surface area contributed by atoms with Gasteiger partial charge in [-0.15, -0.1) is 0 Å². The standard InChI is InChI=1S/C6H14O2S/c1-5-9(4,7,6-2)8-3/h5H,1,6H2,2-4H3. The van der Waals surface area contributed by atoms with Crippen molar-refractivity contribution in [1.29, 1.82) is 0 Å². The van der Waals surface area contributed by atoms with E-state index in [4.69, 9.17) is 4.18 Å². The van der Waals surface area contributed by atoms with Gasteiger partial charge in [-0.1, -0.05) is 6.58 Å². The van der Waals surface area contributed by atoms with Crippen molar-refractivity contribution in [3.63, 3.8) is 0 Å². The van der Waals surface area contributed by atoms with E-state index in [-0.39, 0.29) is 0 Å². The lowest BCUT2D eigenvalue weighted by Crippen LogP contribution is -2.32. The van der Waals surface area contributed by atoms with Crippen LogP contribution in [0, 0.1) is 0 Å². The highest BCUT2D eigenvalue weighted by atomic mass is 32.3. The van der Waals surface area contributed by atoms with Crippen LogP contribution in [0.5, 0.6) is 0 Å². The first kappa shape index (κ1) is 8.85. The predicted molar refractivity (Wildman–Crippen MR) is 41.8 cm³/mol. The van der Waals surface area contributed by atoms with E-state index in [0.717, 1.165) is 0 Å². The maximum Gasteiger partial charge on any atom is 0.0601 e. The average molecular weight is 150 g/mol. The molecule has 0 radical (unpaired) electrons. The van der Waals surface area contributed by atoms with Gasteiger partial charge in [-0.25, -0.2) is 4.21 Å². The minimum absolute atomic E-state index is 0.497. The third-order valence-corrected chi connectivity index (χ3v) is 4.68. The van der Waals surface area contributed by atoms with Crippen molar-refractivity contribution in [1.82, 2.24) is 0 Å². The summed E-state index contributed by atoms with van der Waals surface area (Å²) in [5.41, 5.74) is 0. The minimum atomic E-state index is -2.88. The smallest absolute Gasteiger partial charge is 0.0601 e. The molecule has 0 N–H and O–H groups in total. The van der Waals surface area contributed by atoms with Crippen molar-refractivity contribution in [3.8, 4) is 0 Å². The van der Waals surface area contributed by atoms with Crippen LogP contribution >= 0.6 is 0 Å². The lowest BCUT2D eigenvalue weighted by Gasteiger charge is -2.37. The summed E-state index contributed by atoms with van der Waals surface area (Å²) in [6, 6.07) is 0. The number of rotatable bonds is 3. The molecular weight excluding hydrogens is 136 g/mol. The van der Waals surface area contributed by atoms with E-state index < -0.39 is 9.35 Å². The van der Waals surface area contributed by atoms with Gasteiger partial charge in [0, 0.05) is 17.4 Å². The predicted octanol–water partition coefficient (Wildman–Crippen LogP) is 1.16. The van der Waals surface area contributed by atoms with Crippen molar-refractivity contribution < 1.29 is 8.39 Å². The largest absolute Gasteiger partial charge is 0.288 e. The van der Waals surface area contributed by atoms with Gasteiger partial charge in [0.15, 0.2) is 0 Å². The Hall–Kier alpha value is -0.150. The summed E-state index contributed by atoms with van der Waals surface area (Å²) in [5, 5.41) is 1.40. The first-order valence-electron chi connectivity index (χ1n) is 2.79. The SMILES string of the molecule is C=CS(C)(=O)(CC)OC. The highest BCUT2D eigenvalue weighted by molar-refractivity contribution is 8.17. The highest BCUT2D eigenvalue weighted by Gasteiger charge is 2.15. The fourth-order valence-electron chi connectivity index (χ4n) is 0.304.